The summed E-state index contributed by atoms with van der Waals surface area (Å²) in [5, 5.41) is 28.0. The number of nitrogens with zero attached hydrogens (tertiary/aromatic N) is 2. The third kappa shape index (κ3) is 13.3. The molecule has 70 heavy (non-hydrogen) atoms. The zero-order chi connectivity index (χ0) is 49.1. The highest BCUT2D eigenvalue weighted by molar-refractivity contribution is 6.03. The Kier molecular flexibility index (Phi) is 20.7. The van der Waals surface area contributed by atoms with Crippen LogP contribution in [0.2, 0.25) is 0 Å². The van der Waals surface area contributed by atoms with Gasteiger partial charge in [-0.05, 0) is 105 Å². The van der Waals surface area contributed by atoms with Crippen LogP contribution in [0, 0.1) is 17.8 Å². The van der Waals surface area contributed by atoms with Gasteiger partial charge in [-0.1, -0.05) is 102 Å². The van der Waals surface area contributed by atoms with Gasteiger partial charge in [0.25, 0.3) is 5.91 Å². The van der Waals surface area contributed by atoms with Gasteiger partial charge in [0.05, 0.1) is 24.8 Å². The topological polar surface area (TPSA) is 167 Å². The Morgan fingerprint density at radius 2 is 1.61 bits per heavy atom. The second-order valence-corrected chi connectivity index (χ2v) is 19.7. The van der Waals surface area contributed by atoms with Crippen molar-refractivity contribution >= 4 is 17.7 Å². The van der Waals surface area contributed by atoms with Gasteiger partial charge in [0.2, 0.25) is 18.9 Å². The maximum Gasteiger partial charge on any atom is 0.412 e. The van der Waals surface area contributed by atoms with Crippen LogP contribution in [0.25, 0.3) is 0 Å². The Balaban J connectivity index is 1.27. The van der Waals surface area contributed by atoms with Crippen LogP contribution < -0.4 is 24.3 Å². The number of amides is 2. The molecule has 3 N–H and O–H groups in total. The van der Waals surface area contributed by atoms with E-state index in [4.69, 9.17) is 38.4 Å². The van der Waals surface area contributed by atoms with E-state index in [0.717, 1.165) is 68.9 Å². The molecule has 0 spiro atoms. The first kappa shape index (κ1) is 53.2. The lowest BCUT2D eigenvalue weighted by Crippen LogP contribution is -2.70. The van der Waals surface area contributed by atoms with Crippen LogP contribution in [-0.2, 0) is 14.3 Å². The molecule has 3 heterocycles. The molecule has 386 valence electrons. The first-order valence-electron chi connectivity index (χ1n) is 26.9. The van der Waals surface area contributed by atoms with Gasteiger partial charge in [0.1, 0.15) is 17.5 Å². The van der Waals surface area contributed by atoms with Crippen molar-refractivity contribution in [1.82, 2.24) is 10.2 Å². The quantitative estimate of drug-likeness (QED) is 0.0403. The molecule has 5 aliphatic rings. The number of unbranched alkanes of at least 4 members (excludes halogenated alkanes) is 11. The molecule has 7 rings (SSSR count). The van der Waals surface area contributed by atoms with Crippen molar-refractivity contribution in [3.8, 4) is 23.0 Å². The van der Waals surface area contributed by atoms with Crippen molar-refractivity contribution in [1.29, 1.82) is 0 Å². The largest absolute Gasteiger partial charge is 0.459 e. The third-order valence-electron chi connectivity index (χ3n) is 14.8. The summed E-state index contributed by atoms with van der Waals surface area (Å²) in [5.41, 5.74) is 2.93. The molecule has 2 aliphatic carbocycles. The normalized spacial score (nSPS) is 24.7. The van der Waals surface area contributed by atoms with E-state index in [9.17, 15) is 15.0 Å². The summed E-state index contributed by atoms with van der Waals surface area (Å²) in [6, 6.07) is 10.1. The predicted octanol–water partition coefficient (Wildman–Crippen LogP) is 11.1. The Morgan fingerprint density at radius 3 is 2.34 bits per heavy atom. The molecule has 7 atom stereocenters. The second kappa shape index (κ2) is 27.3. The molecular weight excluding hydrogens is 891 g/mol. The minimum Gasteiger partial charge on any atom is -0.459 e. The summed E-state index contributed by atoms with van der Waals surface area (Å²) in [5.74, 6) is -0.363. The van der Waals surface area contributed by atoms with Gasteiger partial charge in [-0.15, -0.1) is 6.58 Å². The Bertz CT molecular complexity index is 2050. The van der Waals surface area contributed by atoms with Crippen molar-refractivity contribution in [3.63, 3.8) is 0 Å². The van der Waals surface area contributed by atoms with E-state index in [1.165, 1.54) is 44.9 Å². The van der Waals surface area contributed by atoms with E-state index in [2.05, 4.69) is 24.9 Å². The second-order valence-electron chi connectivity index (χ2n) is 19.7. The number of ether oxygens (including phenoxy) is 6. The molecule has 3 aliphatic heterocycles. The lowest BCUT2D eigenvalue weighted by molar-refractivity contribution is -0.254. The highest BCUT2D eigenvalue weighted by atomic mass is 16.8. The number of hydrogen-bond donors (Lipinski definition) is 3. The lowest BCUT2D eigenvalue weighted by Gasteiger charge is -2.60. The number of oxime groups is 1. The first-order chi connectivity index (χ1) is 34.3. The zero-order valence-corrected chi connectivity index (χ0v) is 42.1. The van der Waals surface area contributed by atoms with E-state index in [-0.39, 0.29) is 56.7 Å². The maximum absolute atomic E-state index is 15.2. The summed E-state index contributed by atoms with van der Waals surface area (Å²) in [6.07, 6.45) is 23.1. The molecule has 2 aromatic rings. The van der Waals surface area contributed by atoms with E-state index in [0.29, 0.717) is 79.7 Å². The standard InChI is InChI=1S/C56H81N3O11/c1-4-7-8-9-10-11-12-13-14-18-29-57-55(63)68-42-26-28-47-45(37-42)52-43(23-16-20-32-61)40(22-15-19-31-60)35-44-46(58-70-51-24-17-21-34-64-51)38-50(56(69-47,53(44)52)67-33-6-3)59(30-5-2)54(62)41-25-27-48-49(36-41)66-39-65-48/h6,25-28,35-37,40,43,50-53,60-61H,3-5,7-24,29-34,38-39H2,1-2H3,(H,57,63). The molecule has 1 saturated heterocycles. The molecular formula is C56H81N3O11. The molecule has 0 bridgehead atoms. The molecule has 2 aromatic carbocycles. The van der Waals surface area contributed by atoms with Gasteiger partial charge in [-0.25, -0.2) is 4.79 Å². The molecule has 14 heteroatoms. The molecule has 7 unspecified atom stereocenters. The summed E-state index contributed by atoms with van der Waals surface area (Å²) >= 11 is 0. The number of carbonyl (C=O) groups excluding carboxylic acids is 2. The van der Waals surface area contributed by atoms with Crippen LogP contribution in [0.1, 0.15) is 171 Å². The van der Waals surface area contributed by atoms with Gasteiger partial charge in [0, 0.05) is 56.2 Å². The van der Waals surface area contributed by atoms with Gasteiger partial charge < -0.3 is 53.7 Å². The number of carbonyl (C=O) groups is 2. The predicted molar refractivity (Wildman–Crippen MR) is 269 cm³/mol. The summed E-state index contributed by atoms with van der Waals surface area (Å²) < 4.78 is 38.0. The van der Waals surface area contributed by atoms with Crippen molar-refractivity contribution in [3.05, 3.63) is 71.8 Å². The van der Waals surface area contributed by atoms with Crippen molar-refractivity contribution in [2.24, 2.45) is 22.9 Å². The van der Waals surface area contributed by atoms with Crippen LogP contribution in [0.4, 0.5) is 4.79 Å². The Morgan fingerprint density at radius 1 is 0.871 bits per heavy atom. The number of hydrogen-bond acceptors (Lipinski definition) is 12. The highest BCUT2D eigenvalue weighted by Crippen LogP contribution is 2.62. The SMILES string of the molecule is C=CCOC12Oc3ccc(OC(=O)NCCCCCCCCCCCC)cc3C3C(CCCCO)C(CCCCO)C=C(C(=NOC4CCCCO4)CC1N(CCC)C(=O)c1ccc4c(c1)OCO4)C32. The molecule has 14 nitrogen and oxygen atoms in total. The van der Waals surface area contributed by atoms with Gasteiger partial charge in [-0.3, -0.25) is 4.79 Å². The number of nitrogens with one attached hydrogen (secondary N) is 1. The van der Waals surface area contributed by atoms with Crippen LogP contribution in [0.5, 0.6) is 23.0 Å². The highest BCUT2D eigenvalue weighted by Gasteiger charge is 2.65. The van der Waals surface area contributed by atoms with Crippen molar-refractivity contribution < 1.29 is 53.1 Å². The van der Waals surface area contributed by atoms with Crippen molar-refractivity contribution in [2.45, 2.75) is 173 Å². The maximum atomic E-state index is 15.2. The van der Waals surface area contributed by atoms with Crippen LogP contribution in [0.15, 0.2) is 65.9 Å². The first-order valence-corrected chi connectivity index (χ1v) is 26.9. The monoisotopic (exact) mass is 972 g/mol. The zero-order valence-electron chi connectivity index (χ0n) is 42.1. The van der Waals surface area contributed by atoms with Gasteiger partial charge in [-0.2, -0.15) is 0 Å². The number of allylic oxidation sites excluding steroid dienone is 1. The fourth-order valence-corrected chi connectivity index (χ4v) is 11.4. The number of aliphatic hydroxyl groups excluding tert-OH is 2. The number of aliphatic hydroxyl groups is 2. The number of benzene rings is 2. The summed E-state index contributed by atoms with van der Waals surface area (Å²) in [6.45, 7) is 10.3. The van der Waals surface area contributed by atoms with E-state index in [1.807, 2.05) is 24.0 Å². The minimum absolute atomic E-state index is 0.000508. The van der Waals surface area contributed by atoms with Crippen LogP contribution >= 0.6 is 0 Å². The van der Waals surface area contributed by atoms with Crippen LogP contribution in [0.3, 0.4) is 0 Å². The van der Waals surface area contributed by atoms with Gasteiger partial charge in [0.15, 0.2) is 11.5 Å². The molecule has 2 amide bonds. The third-order valence-corrected chi connectivity index (χ3v) is 14.8. The van der Waals surface area contributed by atoms with E-state index in [1.54, 1.807) is 30.3 Å². The molecule has 1 saturated carbocycles. The average molecular weight is 972 g/mol. The molecule has 0 radical (unpaired) electrons. The van der Waals surface area contributed by atoms with Crippen molar-refractivity contribution in [2.75, 3.05) is 46.3 Å². The lowest BCUT2D eigenvalue weighted by atomic mass is 9.55. The number of fused-ring (bicyclic) bond motifs is 3. The summed E-state index contributed by atoms with van der Waals surface area (Å²) in [4.78, 5) is 36.8. The Labute approximate surface area is 416 Å². The Hall–Kier alpha value is -4.63. The minimum atomic E-state index is -1.45. The van der Waals surface area contributed by atoms with Crippen LogP contribution in [-0.4, -0.2) is 97.3 Å². The van der Waals surface area contributed by atoms with E-state index < -0.39 is 30.1 Å². The average Bonchev–Trinajstić information content (AvgIpc) is 3.86. The number of rotatable bonds is 29. The van der Waals surface area contributed by atoms with Gasteiger partial charge >= 0.3 is 6.09 Å². The fourth-order valence-electron chi connectivity index (χ4n) is 11.4. The molecule has 0 aromatic heterocycles. The van der Waals surface area contributed by atoms with E-state index >= 15 is 4.79 Å². The smallest absolute Gasteiger partial charge is 0.412 e. The molecule has 2 fully saturated rings. The summed E-state index contributed by atoms with van der Waals surface area (Å²) in [7, 11) is 0. The fraction of sp³-hybridized carbons (Fsp3) is 0.661.